The molecule has 59 heavy (non-hydrogen) atoms. The lowest BCUT2D eigenvalue weighted by atomic mass is 9.96. The summed E-state index contributed by atoms with van der Waals surface area (Å²) < 4.78 is 7.09. The molecule has 0 spiro atoms. The summed E-state index contributed by atoms with van der Waals surface area (Å²) in [6.45, 7) is 0.640. The summed E-state index contributed by atoms with van der Waals surface area (Å²) in [6.07, 6.45) is -0.541. The molecule has 1 aliphatic heterocycles. The topological polar surface area (TPSA) is 52.5 Å². The number of para-hydroxylation sites is 1. The summed E-state index contributed by atoms with van der Waals surface area (Å²) >= 11 is 0. The van der Waals surface area contributed by atoms with Crippen LogP contribution in [0.5, 0.6) is 0 Å². The summed E-state index contributed by atoms with van der Waals surface area (Å²) in [5.74, 6) is 0. The van der Waals surface area contributed by atoms with Crippen LogP contribution in [0.15, 0.2) is 211 Å². The van der Waals surface area contributed by atoms with Crippen LogP contribution in [0.4, 0.5) is 11.4 Å². The van der Waals surface area contributed by atoms with E-state index in [0.717, 1.165) is 44.4 Å². The average molecular weight is 763 g/mol. The van der Waals surface area contributed by atoms with Crippen molar-refractivity contribution in [2.24, 2.45) is 0 Å². The highest BCUT2D eigenvalue weighted by Gasteiger charge is 2.32. The molecule has 1 aliphatic rings. The normalized spacial score (nSPS) is 16.8. The Labute approximate surface area is 343 Å². The van der Waals surface area contributed by atoms with E-state index in [4.69, 9.17) is 4.42 Å². The molecule has 11 rings (SSSR count). The smallest absolute Gasteiger partial charge is 0.141 e. The van der Waals surface area contributed by atoms with Crippen LogP contribution in [0.2, 0.25) is 0 Å². The van der Waals surface area contributed by atoms with E-state index >= 15 is 0 Å². The Balaban J connectivity index is 1.09. The van der Waals surface area contributed by atoms with Gasteiger partial charge in [0.25, 0.3) is 0 Å². The Hall–Kier alpha value is -7.02. The first-order valence-corrected chi connectivity index (χ1v) is 20.4. The maximum Gasteiger partial charge on any atom is 0.141 e. The van der Waals surface area contributed by atoms with Gasteiger partial charge < -0.3 is 9.32 Å². The second kappa shape index (κ2) is 15.1. The van der Waals surface area contributed by atoms with E-state index in [1.54, 1.807) is 0 Å². The van der Waals surface area contributed by atoms with E-state index in [2.05, 4.69) is 227 Å². The molecule has 9 aromatic carbocycles. The van der Waals surface area contributed by atoms with Crippen molar-refractivity contribution in [2.75, 3.05) is 4.90 Å². The minimum Gasteiger partial charge on any atom is -0.456 e. The van der Waals surface area contributed by atoms with Gasteiger partial charge in [-0.05, 0) is 74.3 Å². The lowest BCUT2D eigenvalue weighted by Crippen LogP contribution is -2.54. The molecule has 1 aromatic heterocycles. The van der Waals surface area contributed by atoms with Gasteiger partial charge in [0.15, 0.2) is 0 Å². The highest BCUT2D eigenvalue weighted by Crippen LogP contribution is 2.43. The molecular weight excluding hydrogens is 721 g/mol. The van der Waals surface area contributed by atoms with Crippen molar-refractivity contribution in [1.29, 1.82) is 0 Å². The standard InChI is InChI=1S/C54H42N4O/c1-4-16-36(17-5-1)40-23-14-24-41(34-40)53-55-52(39-20-6-2-7-21-39)56-54(57-53)46-32-30-42(49-50-45-28-13-11-19-38(45)31-33-48(50)59-51(46)49)35-58(43-25-8-3-9-26-43)47-29-15-22-37-18-10-12-27-44(37)47/h1-34,52-57H,35H2. The molecule has 5 heteroatoms. The lowest BCUT2D eigenvalue weighted by Gasteiger charge is -2.39. The number of furan rings is 1. The Morgan fingerprint density at radius 3 is 1.83 bits per heavy atom. The van der Waals surface area contributed by atoms with Crippen molar-refractivity contribution in [3.8, 4) is 11.1 Å². The molecule has 284 valence electrons. The number of rotatable bonds is 8. The van der Waals surface area contributed by atoms with Crippen LogP contribution >= 0.6 is 0 Å². The number of hydrogen-bond acceptors (Lipinski definition) is 5. The van der Waals surface area contributed by atoms with Crippen molar-refractivity contribution < 1.29 is 4.42 Å². The van der Waals surface area contributed by atoms with Gasteiger partial charge >= 0.3 is 0 Å². The molecule has 0 saturated carbocycles. The lowest BCUT2D eigenvalue weighted by molar-refractivity contribution is 0.203. The number of anilines is 2. The quantitative estimate of drug-likeness (QED) is 0.144. The van der Waals surface area contributed by atoms with Gasteiger partial charge in [-0.3, -0.25) is 16.0 Å². The summed E-state index contributed by atoms with van der Waals surface area (Å²) in [4.78, 5) is 2.45. The SMILES string of the molecule is c1ccc(-c2cccc(C3NC(c4ccccc4)NC(c4ccc(CN(c5ccccc5)c5cccc6ccccc56)c5c4oc4ccc6ccccc6c45)N3)c2)cc1. The fourth-order valence-corrected chi connectivity index (χ4v) is 9.01. The van der Waals surface area contributed by atoms with Crippen LogP contribution in [0.1, 0.15) is 40.8 Å². The number of benzene rings is 9. The maximum atomic E-state index is 7.09. The molecule has 5 nitrogen and oxygen atoms in total. The molecule has 0 aliphatic carbocycles. The Bertz CT molecular complexity index is 3080. The molecule has 3 unspecified atom stereocenters. The predicted molar refractivity (Wildman–Crippen MR) is 243 cm³/mol. The van der Waals surface area contributed by atoms with Gasteiger partial charge in [0, 0.05) is 39.6 Å². The van der Waals surface area contributed by atoms with Gasteiger partial charge in [-0.15, -0.1) is 0 Å². The molecule has 3 atom stereocenters. The number of nitrogens with zero attached hydrogens (tertiary/aromatic N) is 1. The number of hydrogen-bond donors (Lipinski definition) is 3. The van der Waals surface area contributed by atoms with Crippen molar-refractivity contribution in [3.05, 3.63) is 229 Å². The first-order valence-electron chi connectivity index (χ1n) is 20.4. The van der Waals surface area contributed by atoms with E-state index in [0.29, 0.717) is 6.54 Å². The first kappa shape index (κ1) is 35.2. The van der Waals surface area contributed by atoms with E-state index in [9.17, 15) is 0 Å². The molecule has 1 saturated heterocycles. The Morgan fingerprint density at radius 2 is 1.03 bits per heavy atom. The minimum atomic E-state index is -0.251. The molecule has 3 N–H and O–H groups in total. The van der Waals surface area contributed by atoms with E-state index in [1.165, 1.54) is 43.8 Å². The second-order valence-corrected chi connectivity index (χ2v) is 15.4. The molecule has 1 fully saturated rings. The predicted octanol–water partition coefficient (Wildman–Crippen LogP) is 13.1. The largest absolute Gasteiger partial charge is 0.456 e. The third kappa shape index (κ3) is 6.52. The molecule has 0 amide bonds. The summed E-state index contributed by atoms with van der Waals surface area (Å²) in [5.41, 5.74) is 11.0. The van der Waals surface area contributed by atoms with Crippen molar-refractivity contribution >= 4 is 54.9 Å². The minimum absolute atomic E-state index is 0.132. The van der Waals surface area contributed by atoms with Gasteiger partial charge in [0.05, 0.1) is 18.5 Å². The summed E-state index contributed by atoms with van der Waals surface area (Å²) in [5, 5.41) is 18.9. The zero-order valence-electron chi connectivity index (χ0n) is 32.4. The van der Waals surface area contributed by atoms with Gasteiger partial charge in [0.1, 0.15) is 11.2 Å². The van der Waals surface area contributed by atoms with E-state index in [1.807, 2.05) is 0 Å². The van der Waals surface area contributed by atoms with Crippen LogP contribution in [-0.4, -0.2) is 0 Å². The fourth-order valence-electron chi connectivity index (χ4n) is 9.01. The number of nitrogens with one attached hydrogen (secondary N) is 3. The molecule has 2 heterocycles. The van der Waals surface area contributed by atoms with Gasteiger partial charge in [-0.2, -0.15) is 0 Å². The Morgan fingerprint density at radius 1 is 0.441 bits per heavy atom. The monoisotopic (exact) mass is 762 g/mol. The molecule has 0 radical (unpaired) electrons. The van der Waals surface area contributed by atoms with Crippen LogP contribution in [0.3, 0.4) is 0 Å². The summed E-state index contributed by atoms with van der Waals surface area (Å²) in [6, 6.07) is 73.6. The van der Waals surface area contributed by atoms with Crippen LogP contribution in [-0.2, 0) is 6.54 Å². The van der Waals surface area contributed by atoms with Gasteiger partial charge in [-0.1, -0.05) is 176 Å². The third-order valence-electron chi connectivity index (χ3n) is 11.9. The highest BCUT2D eigenvalue weighted by molar-refractivity contribution is 6.20. The molecular formula is C54H42N4O. The van der Waals surface area contributed by atoms with Crippen molar-refractivity contribution in [2.45, 2.75) is 25.0 Å². The van der Waals surface area contributed by atoms with Crippen molar-refractivity contribution in [1.82, 2.24) is 16.0 Å². The molecule has 10 aromatic rings. The van der Waals surface area contributed by atoms with E-state index in [-0.39, 0.29) is 18.5 Å². The second-order valence-electron chi connectivity index (χ2n) is 15.4. The number of fused-ring (bicyclic) bond motifs is 6. The fraction of sp³-hybridized carbons (Fsp3) is 0.0741. The maximum absolute atomic E-state index is 7.09. The highest BCUT2D eigenvalue weighted by atomic mass is 16.3. The van der Waals surface area contributed by atoms with Gasteiger partial charge in [0.2, 0.25) is 0 Å². The zero-order valence-corrected chi connectivity index (χ0v) is 32.4. The summed E-state index contributed by atoms with van der Waals surface area (Å²) in [7, 11) is 0. The molecule has 0 bridgehead atoms. The third-order valence-corrected chi connectivity index (χ3v) is 11.9. The Kier molecular flexibility index (Phi) is 8.97. The average Bonchev–Trinajstić information content (AvgIpc) is 3.72. The van der Waals surface area contributed by atoms with E-state index < -0.39 is 0 Å². The van der Waals surface area contributed by atoms with Crippen LogP contribution < -0.4 is 20.9 Å². The van der Waals surface area contributed by atoms with Gasteiger partial charge in [-0.25, -0.2) is 0 Å². The van der Waals surface area contributed by atoms with Crippen LogP contribution in [0, 0.1) is 0 Å². The van der Waals surface area contributed by atoms with Crippen molar-refractivity contribution in [3.63, 3.8) is 0 Å². The zero-order chi connectivity index (χ0) is 39.1. The first-order chi connectivity index (χ1) is 29.2. The van der Waals surface area contributed by atoms with Crippen LogP contribution in [0.25, 0.3) is 54.6 Å².